The standard InChI is InChI=1S/C12H13ClN2S/c1-7-4-8(2)11(9(3)5-7)12-15-14-10(6-13)16-12/h4-5H,6H2,1-3H3. The Kier molecular flexibility index (Phi) is 3.26. The van der Waals surface area contributed by atoms with Crippen LogP contribution in [0.1, 0.15) is 21.7 Å². The predicted octanol–water partition coefficient (Wildman–Crippen LogP) is 3.87. The van der Waals surface area contributed by atoms with E-state index in [1.807, 2.05) is 0 Å². The molecule has 0 aliphatic heterocycles. The molecule has 84 valence electrons. The third-order valence-corrected chi connectivity index (χ3v) is 3.82. The maximum Gasteiger partial charge on any atom is 0.148 e. The lowest BCUT2D eigenvalue weighted by atomic mass is 10.0. The van der Waals surface area contributed by atoms with Crippen molar-refractivity contribution < 1.29 is 0 Å². The molecule has 2 rings (SSSR count). The summed E-state index contributed by atoms with van der Waals surface area (Å²) in [5, 5.41) is 10.1. The number of hydrogen-bond donors (Lipinski definition) is 0. The van der Waals surface area contributed by atoms with Gasteiger partial charge in [-0.1, -0.05) is 29.0 Å². The second kappa shape index (κ2) is 4.52. The fraction of sp³-hybridized carbons (Fsp3) is 0.333. The maximum absolute atomic E-state index is 5.74. The molecule has 1 heterocycles. The minimum Gasteiger partial charge on any atom is -0.142 e. The van der Waals surface area contributed by atoms with Crippen molar-refractivity contribution in [1.29, 1.82) is 0 Å². The fourth-order valence-electron chi connectivity index (χ4n) is 1.93. The molecule has 0 aliphatic carbocycles. The van der Waals surface area contributed by atoms with Crippen LogP contribution in [-0.2, 0) is 5.88 Å². The van der Waals surface area contributed by atoms with Gasteiger partial charge in [0.1, 0.15) is 10.0 Å². The molecule has 0 unspecified atom stereocenters. The second-order valence-corrected chi connectivity index (χ2v) is 5.24. The van der Waals surface area contributed by atoms with Gasteiger partial charge in [-0.2, -0.15) is 0 Å². The molecule has 0 bridgehead atoms. The van der Waals surface area contributed by atoms with Gasteiger partial charge in [0.05, 0.1) is 5.88 Å². The van der Waals surface area contributed by atoms with Crippen LogP contribution in [0.3, 0.4) is 0 Å². The molecule has 16 heavy (non-hydrogen) atoms. The largest absolute Gasteiger partial charge is 0.148 e. The SMILES string of the molecule is Cc1cc(C)c(-c2nnc(CCl)s2)c(C)c1. The summed E-state index contributed by atoms with van der Waals surface area (Å²) in [7, 11) is 0. The van der Waals surface area contributed by atoms with Gasteiger partial charge in [0.2, 0.25) is 0 Å². The van der Waals surface area contributed by atoms with E-state index in [0.717, 1.165) is 10.0 Å². The van der Waals surface area contributed by atoms with E-state index in [-0.39, 0.29) is 0 Å². The van der Waals surface area contributed by atoms with Crippen LogP contribution >= 0.6 is 22.9 Å². The van der Waals surface area contributed by atoms with Gasteiger partial charge in [-0.05, 0) is 31.9 Å². The second-order valence-electron chi connectivity index (χ2n) is 3.91. The average molecular weight is 253 g/mol. The Morgan fingerprint density at radius 1 is 1.12 bits per heavy atom. The topological polar surface area (TPSA) is 25.8 Å². The normalized spacial score (nSPS) is 10.8. The highest BCUT2D eigenvalue weighted by molar-refractivity contribution is 7.14. The molecule has 0 spiro atoms. The Morgan fingerprint density at radius 2 is 1.75 bits per heavy atom. The van der Waals surface area contributed by atoms with Gasteiger partial charge in [0, 0.05) is 5.56 Å². The molecule has 2 aromatic rings. The molecule has 4 heteroatoms. The maximum atomic E-state index is 5.74. The number of aryl methyl sites for hydroxylation is 3. The van der Waals surface area contributed by atoms with Gasteiger partial charge < -0.3 is 0 Å². The zero-order valence-corrected chi connectivity index (χ0v) is 11.1. The minimum absolute atomic E-state index is 0.432. The number of alkyl halides is 1. The summed E-state index contributed by atoms with van der Waals surface area (Å²) in [5.74, 6) is 0.432. The van der Waals surface area contributed by atoms with Gasteiger partial charge >= 0.3 is 0 Å². The summed E-state index contributed by atoms with van der Waals surface area (Å²) < 4.78 is 0. The van der Waals surface area contributed by atoms with E-state index >= 15 is 0 Å². The van der Waals surface area contributed by atoms with Crippen molar-refractivity contribution in [3.8, 4) is 10.6 Å². The molecule has 0 aliphatic rings. The van der Waals surface area contributed by atoms with Crippen molar-refractivity contribution in [2.45, 2.75) is 26.7 Å². The van der Waals surface area contributed by atoms with Gasteiger partial charge in [0.15, 0.2) is 0 Å². The first-order chi connectivity index (χ1) is 7.61. The number of rotatable bonds is 2. The molecule has 0 saturated carbocycles. The Morgan fingerprint density at radius 3 is 2.25 bits per heavy atom. The van der Waals surface area contributed by atoms with Crippen LogP contribution in [0.5, 0.6) is 0 Å². The molecule has 0 atom stereocenters. The highest BCUT2D eigenvalue weighted by atomic mass is 35.5. The Hall–Kier alpha value is -0.930. The first-order valence-electron chi connectivity index (χ1n) is 5.08. The monoisotopic (exact) mass is 252 g/mol. The highest BCUT2D eigenvalue weighted by Gasteiger charge is 2.11. The lowest BCUT2D eigenvalue weighted by Gasteiger charge is -2.07. The minimum atomic E-state index is 0.432. The zero-order chi connectivity index (χ0) is 11.7. The lowest BCUT2D eigenvalue weighted by molar-refractivity contribution is 1.04. The van der Waals surface area contributed by atoms with Crippen LogP contribution in [0, 0.1) is 20.8 Å². The van der Waals surface area contributed by atoms with Gasteiger partial charge in [-0.3, -0.25) is 0 Å². The molecule has 1 aromatic carbocycles. The predicted molar refractivity (Wildman–Crippen MR) is 69.1 cm³/mol. The van der Waals surface area contributed by atoms with E-state index in [9.17, 15) is 0 Å². The molecule has 1 aromatic heterocycles. The smallest absolute Gasteiger partial charge is 0.142 e. The molecule has 0 saturated heterocycles. The van der Waals surface area contributed by atoms with Crippen molar-refractivity contribution in [3.63, 3.8) is 0 Å². The summed E-state index contributed by atoms with van der Waals surface area (Å²) >= 11 is 7.31. The Labute approximate surface area is 104 Å². The van der Waals surface area contributed by atoms with E-state index in [4.69, 9.17) is 11.6 Å². The van der Waals surface area contributed by atoms with Crippen LogP contribution in [0.25, 0.3) is 10.6 Å². The van der Waals surface area contributed by atoms with Gasteiger partial charge in [0.25, 0.3) is 0 Å². The molecule has 2 nitrogen and oxygen atoms in total. The Balaban J connectivity index is 2.55. The molecule has 0 N–H and O–H groups in total. The fourth-order valence-corrected chi connectivity index (χ4v) is 3.01. The molecular weight excluding hydrogens is 240 g/mol. The number of nitrogens with zero attached hydrogens (tertiary/aromatic N) is 2. The van der Waals surface area contributed by atoms with Crippen LogP contribution in [0.15, 0.2) is 12.1 Å². The lowest BCUT2D eigenvalue weighted by Crippen LogP contribution is -1.89. The molecule has 0 radical (unpaired) electrons. The molecule has 0 amide bonds. The summed E-state index contributed by atoms with van der Waals surface area (Å²) in [6, 6.07) is 4.34. The van der Waals surface area contributed by atoms with Gasteiger partial charge in [-0.15, -0.1) is 21.8 Å². The van der Waals surface area contributed by atoms with Crippen molar-refractivity contribution in [1.82, 2.24) is 10.2 Å². The summed E-state index contributed by atoms with van der Waals surface area (Å²) in [4.78, 5) is 0. The van der Waals surface area contributed by atoms with Crippen LogP contribution in [0.4, 0.5) is 0 Å². The van der Waals surface area contributed by atoms with Crippen molar-refractivity contribution >= 4 is 22.9 Å². The zero-order valence-electron chi connectivity index (χ0n) is 9.54. The van der Waals surface area contributed by atoms with Crippen LogP contribution in [0.2, 0.25) is 0 Å². The first-order valence-corrected chi connectivity index (χ1v) is 6.43. The average Bonchev–Trinajstić information content (AvgIpc) is 2.64. The number of aromatic nitrogens is 2. The van der Waals surface area contributed by atoms with Crippen molar-refractivity contribution in [2.24, 2.45) is 0 Å². The first kappa shape index (κ1) is 11.6. The van der Waals surface area contributed by atoms with Crippen molar-refractivity contribution in [3.05, 3.63) is 33.8 Å². The van der Waals surface area contributed by atoms with Crippen LogP contribution in [-0.4, -0.2) is 10.2 Å². The van der Waals surface area contributed by atoms with Crippen LogP contribution < -0.4 is 0 Å². The molecule has 0 fully saturated rings. The number of hydrogen-bond acceptors (Lipinski definition) is 3. The number of halogens is 1. The van der Waals surface area contributed by atoms with E-state index in [0.29, 0.717) is 5.88 Å². The van der Waals surface area contributed by atoms with E-state index in [1.165, 1.54) is 22.3 Å². The van der Waals surface area contributed by atoms with Crippen molar-refractivity contribution in [2.75, 3.05) is 0 Å². The van der Waals surface area contributed by atoms with Gasteiger partial charge in [-0.25, -0.2) is 0 Å². The summed E-state index contributed by atoms with van der Waals surface area (Å²) in [6.07, 6.45) is 0. The van der Waals surface area contributed by atoms with E-state index in [1.54, 1.807) is 11.3 Å². The van der Waals surface area contributed by atoms with E-state index < -0.39 is 0 Å². The quantitative estimate of drug-likeness (QED) is 0.759. The summed E-state index contributed by atoms with van der Waals surface area (Å²) in [5.41, 5.74) is 4.96. The molecular formula is C12H13ClN2S. The van der Waals surface area contributed by atoms with E-state index in [2.05, 4.69) is 43.1 Å². The third-order valence-electron chi connectivity index (χ3n) is 2.47. The third kappa shape index (κ3) is 2.11. The highest BCUT2D eigenvalue weighted by Crippen LogP contribution is 2.30. The number of benzene rings is 1. The summed E-state index contributed by atoms with van der Waals surface area (Å²) in [6.45, 7) is 6.32. The Bertz CT molecular complexity index is 496.